The molecule has 2 aromatic carbocycles. The zero-order valence-electron chi connectivity index (χ0n) is 17.1. The number of carbonyl (C=O) groups excluding carboxylic acids is 4. The lowest BCUT2D eigenvalue weighted by atomic mass is 10.1. The van der Waals surface area contributed by atoms with Crippen LogP contribution in [0.15, 0.2) is 48.0 Å². The molecule has 1 aliphatic rings. The first-order valence-electron chi connectivity index (χ1n) is 9.52. The Hall–Kier alpha value is -3.85. The lowest BCUT2D eigenvalue weighted by Gasteiger charge is -2.26. The van der Waals surface area contributed by atoms with Gasteiger partial charge < -0.3 is 19.4 Å². The monoisotopic (exact) mass is 457 g/mol. The lowest BCUT2D eigenvalue weighted by molar-refractivity contribution is -0.312. The van der Waals surface area contributed by atoms with Crippen LogP contribution in [0.25, 0.3) is 6.08 Å². The molecule has 0 bridgehead atoms. The number of halogens is 1. The van der Waals surface area contributed by atoms with Gasteiger partial charge in [-0.1, -0.05) is 17.7 Å². The first kappa shape index (κ1) is 22.8. The minimum atomic E-state index is -1.39. The van der Waals surface area contributed by atoms with E-state index in [0.29, 0.717) is 10.6 Å². The lowest BCUT2D eigenvalue weighted by Crippen LogP contribution is -2.54. The molecule has 1 fully saturated rings. The highest BCUT2D eigenvalue weighted by molar-refractivity contribution is 6.39. The summed E-state index contributed by atoms with van der Waals surface area (Å²) in [5.74, 6) is -2.69. The number of urea groups is 1. The van der Waals surface area contributed by atoms with Crippen LogP contribution in [0.3, 0.4) is 0 Å². The molecule has 4 amide bonds. The van der Waals surface area contributed by atoms with Crippen LogP contribution in [0, 0.1) is 0 Å². The van der Waals surface area contributed by atoms with Gasteiger partial charge in [0, 0.05) is 5.02 Å². The second kappa shape index (κ2) is 9.52. The minimum absolute atomic E-state index is 0.156. The largest absolute Gasteiger partial charge is 0.546 e. The van der Waals surface area contributed by atoms with E-state index in [-0.39, 0.29) is 29.4 Å². The third-order valence-electron chi connectivity index (χ3n) is 4.40. The number of imide groups is 2. The van der Waals surface area contributed by atoms with Crippen molar-refractivity contribution in [3.05, 3.63) is 58.6 Å². The maximum atomic E-state index is 12.9. The van der Waals surface area contributed by atoms with E-state index in [2.05, 4.69) is 5.32 Å². The van der Waals surface area contributed by atoms with Crippen LogP contribution < -0.4 is 24.8 Å². The van der Waals surface area contributed by atoms with Gasteiger partial charge in [-0.15, -0.1) is 0 Å². The molecule has 1 heterocycles. The number of carbonyl (C=O) groups is 4. The fraction of sp³-hybridized carbons (Fsp3) is 0.182. The Bertz CT molecular complexity index is 1110. The number of anilines is 1. The zero-order chi connectivity index (χ0) is 23.4. The summed E-state index contributed by atoms with van der Waals surface area (Å²) in [4.78, 5) is 49.3. The normalized spacial score (nSPS) is 16.0. The number of hydrogen-bond donors (Lipinski definition) is 1. The van der Waals surface area contributed by atoms with Gasteiger partial charge >= 0.3 is 6.03 Å². The van der Waals surface area contributed by atoms with Crippen molar-refractivity contribution in [2.24, 2.45) is 0 Å². The molecule has 0 spiro atoms. The number of nitrogens with zero attached hydrogens (tertiary/aromatic N) is 1. The van der Waals surface area contributed by atoms with Crippen molar-refractivity contribution >= 4 is 47.2 Å². The first-order valence-corrected chi connectivity index (χ1v) is 9.90. The molecule has 9 nitrogen and oxygen atoms in total. The Morgan fingerprint density at radius 2 is 1.84 bits per heavy atom. The molecule has 0 saturated carbocycles. The van der Waals surface area contributed by atoms with E-state index < -0.39 is 29.9 Å². The van der Waals surface area contributed by atoms with Crippen molar-refractivity contribution in [2.75, 3.05) is 11.5 Å². The molecular formula is C22H18ClN2O7-. The summed E-state index contributed by atoms with van der Waals surface area (Å²) in [6.45, 7) is 3.30. The average Bonchev–Trinajstić information content (AvgIpc) is 2.74. The second-order valence-electron chi connectivity index (χ2n) is 6.65. The average molecular weight is 458 g/mol. The number of barbiturate groups is 1. The van der Waals surface area contributed by atoms with Crippen molar-refractivity contribution in [3.8, 4) is 11.5 Å². The highest BCUT2D eigenvalue weighted by atomic mass is 35.5. The SMILES string of the molecule is CCOc1cc(/C=C2/C(=O)NC(=O)N(c3ccc(Cl)cc3)C2=O)ccc1O[C@H](C)C(=O)[O-]. The van der Waals surface area contributed by atoms with E-state index in [0.717, 1.165) is 4.90 Å². The fourth-order valence-corrected chi connectivity index (χ4v) is 2.99. The molecule has 3 rings (SSSR count). The van der Waals surface area contributed by atoms with Gasteiger partial charge in [0.15, 0.2) is 11.5 Å². The van der Waals surface area contributed by atoms with Crippen LogP contribution in [-0.4, -0.2) is 36.5 Å². The van der Waals surface area contributed by atoms with Gasteiger partial charge in [0.2, 0.25) is 0 Å². The van der Waals surface area contributed by atoms with E-state index in [1.54, 1.807) is 6.92 Å². The fourth-order valence-electron chi connectivity index (χ4n) is 2.87. The summed E-state index contributed by atoms with van der Waals surface area (Å²) < 4.78 is 10.8. The molecular weight excluding hydrogens is 440 g/mol. The second-order valence-corrected chi connectivity index (χ2v) is 7.09. The molecule has 1 saturated heterocycles. The summed E-state index contributed by atoms with van der Waals surface area (Å²) in [5, 5.41) is 13.5. The van der Waals surface area contributed by atoms with E-state index in [1.807, 2.05) is 0 Å². The number of rotatable bonds is 7. The number of amides is 4. The van der Waals surface area contributed by atoms with Crippen LogP contribution >= 0.6 is 11.6 Å². The summed E-state index contributed by atoms with van der Waals surface area (Å²) >= 11 is 5.86. The quantitative estimate of drug-likeness (QED) is 0.497. The van der Waals surface area contributed by atoms with E-state index in [4.69, 9.17) is 21.1 Å². The minimum Gasteiger partial charge on any atom is -0.546 e. The number of nitrogens with one attached hydrogen (secondary N) is 1. The summed E-state index contributed by atoms with van der Waals surface area (Å²) in [7, 11) is 0. The van der Waals surface area contributed by atoms with E-state index >= 15 is 0 Å². The predicted molar refractivity (Wildman–Crippen MR) is 113 cm³/mol. The number of carboxylic acid groups (broad SMARTS) is 1. The number of benzene rings is 2. The molecule has 0 aliphatic carbocycles. The van der Waals surface area contributed by atoms with Gasteiger partial charge in [0.05, 0.1) is 18.3 Å². The molecule has 0 radical (unpaired) electrons. The molecule has 1 aliphatic heterocycles. The van der Waals surface area contributed by atoms with Gasteiger partial charge in [0.1, 0.15) is 11.7 Å². The topological polar surface area (TPSA) is 125 Å². The van der Waals surface area contributed by atoms with Gasteiger partial charge in [0.25, 0.3) is 11.8 Å². The van der Waals surface area contributed by atoms with Gasteiger partial charge in [-0.25, -0.2) is 9.69 Å². The third-order valence-corrected chi connectivity index (χ3v) is 4.65. The first-order chi connectivity index (χ1) is 15.2. The number of aliphatic carboxylic acids is 1. The van der Waals surface area contributed by atoms with Crippen molar-refractivity contribution in [3.63, 3.8) is 0 Å². The van der Waals surface area contributed by atoms with Crippen LogP contribution in [0.5, 0.6) is 11.5 Å². The van der Waals surface area contributed by atoms with Crippen LogP contribution in [-0.2, 0) is 14.4 Å². The maximum Gasteiger partial charge on any atom is 0.335 e. The summed E-state index contributed by atoms with van der Waals surface area (Å²) in [6.07, 6.45) is 0.0738. The summed E-state index contributed by atoms with van der Waals surface area (Å²) in [6, 6.07) is 9.54. The van der Waals surface area contributed by atoms with Gasteiger partial charge in [-0.3, -0.25) is 14.9 Å². The Balaban J connectivity index is 1.96. The van der Waals surface area contributed by atoms with Crippen molar-refractivity contribution < 1.29 is 33.8 Å². The molecule has 0 aromatic heterocycles. The van der Waals surface area contributed by atoms with Gasteiger partial charge in [-0.05, 0) is 61.9 Å². The smallest absolute Gasteiger partial charge is 0.335 e. The maximum absolute atomic E-state index is 12.9. The molecule has 166 valence electrons. The number of ether oxygens (including phenoxy) is 2. The molecule has 1 N–H and O–H groups in total. The number of hydrogen-bond acceptors (Lipinski definition) is 7. The Kier molecular flexibility index (Phi) is 6.79. The van der Waals surface area contributed by atoms with Crippen molar-refractivity contribution in [1.82, 2.24) is 5.32 Å². The van der Waals surface area contributed by atoms with Crippen molar-refractivity contribution in [1.29, 1.82) is 0 Å². The molecule has 0 unspecified atom stereocenters. The van der Waals surface area contributed by atoms with Crippen LogP contribution in [0.4, 0.5) is 10.5 Å². The molecule has 1 atom stereocenters. The zero-order valence-corrected chi connectivity index (χ0v) is 17.8. The van der Waals surface area contributed by atoms with E-state index in [1.165, 1.54) is 55.5 Å². The summed E-state index contributed by atoms with van der Waals surface area (Å²) in [5.41, 5.74) is 0.356. The van der Waals surface area contributed by atoms with Crippen LogP contribution in [0.1, 0.15) is 19.4 Å². The predicted octanol–water partition coefficient (Wildman–Crippen LogP) is 1.92. The van der Waals surface area contributed by atoms with Crippen molar-refractivity contribution in [2.45, 2.75) is 20.0 Å². The third kappa shape index (κ3) is 4.89. The highest BCUT2D eigenvalue weighted by Gasteiger charge is 2.36. The molecule has 10 heteroatoms. The van der Waals surface area contributed by atoms with E-state index in [9.17, 15) is 24.3 Å². The molecule has 32 heavy (non-hydrogen) atoms. The Morgan fingerprint density at radius 3 is 2.47 bits per heavy atom. The Labute approximate surface area is 188 Å². The highest BCUT2D eigenvalue weighted by Crippen LogP contribution is 2.31. The molecule has 2 aromatic rings. The number of carboxylic acids is 1. The van der Waals surface area contributed by atoms with Gasteiger partial charge in [-0.2, -0.15) is 0 Å². The standard InChI is InChI=1S/C22H19ClN2O7/c1-3-31-18-11-13(4-9-17(18)32-12(2)21(28)29)10-16-19(26)24-22(30)25(20(16)27)15-7-5-14(23)6-8-15/h4-12H,3H2,1-2H3,(H,28,29)(H,24,26,30)/p-1/b16-10-/t12-/m1/s1. The Morgan fingerprint density at radius 1 is 1.16 bits per heavy atom. The van der Waals surface area contributed by atoms with Crippen LogP contribution in [0.2, 0.25) is 5.02 Å².